The van der Waals surface area contributed by atoms with E-state index in [0.717, 1.165) is 30.3 Å². The summed E-state index contributed by atoms with van der Waals surface area (Å²) < 4.78 is 109. The molecule has 49 heavy (non-hydrogen) atoms. The van der Waals surface area contributed by atoms with Crippen LogP contribution in [0.3, 0.4) is 0 Å². The normalized spacial score (nSPS) is 12.8. The van der Waals surface area contributed by atoms with Crippen LogP contribution in [0.25, 0.3) is 10.8 Å². The summed E-state index contributed by atoms with van der Waals surface area (Å²) in [5.41, 5.74) is 2.80. The topological polar surface area (TPSA) is 356 Å². The Kier molecular flexibility index (Phi) is 11.4. The zero-order valence-electron chi connectivity index (χ0n) is 23.2. The Morgan fingerprint density at radius 1 is 0.612 bits per heavy atom. The molecule has 4 rings (SSSR count). The number of hydrogen-bond acceptors (Lipinski definition) is 21. The van der Waals surface area contributed by atoms with E-state index in [2.05, 4.69) is 39.2 Å². The first-order valence-corrected chi connectivity index (χ1v) is 17.8. The number of phenolic OH excluding ortho intramolecular Hbond substituents is 2. The van der Waals surface area contributed by atoms with Crippen LogP contribution in [0, 0.1) is 0 Å². The molecule has 0 heterocycles. The lowest BCUT2D eigenvalue weighted by Gasteiger charge is -2.13. The Labute approximate surface area is 281 Å². The van der Waals surface area contributed by atoms with E-state index < -0.39 is 84.7 Å². The molecule has 0 radical (unpaired) electrons. The lowest BCUT2D eigenvalue weighted by Crippen LogP contribution is -2.00. The van der Waals surface area contributed by atoms with Crippen molar-refractivity contribution in [2.45, 2.75) is 24.5 Å². The molecular weight excluding hydrogens is 767 g/mol. The second-order valence-corrected chi connectivity index (χ2v) is 14.6. The summed E-state index contributed by atoms with van der Waals surface area (Å²) in [6.07, 6.45) is 0. The number of benzene rings is 4. The fraction of sp³-hybridized carbons (Fsp3) is 0. The predicted octanol–water partition coefficient (Wildman–Crippen LogP) is 5.26. The number of nitrogens with zero attached hydrogens (tertiary/aromatic N) is 4. The van der Waals surface area contributed by atoms with E-state index in [-0.39, 0.29) is 45.0 Å². The van der Waals surface area contributed by atoms with Gasteiger partial charge in [-0.2, -0.15) is 25.3 Å². The fourth-order valence-corrected chi connectivity index (χ4v) is 6.58. The van der Waals surface area contributed by atoms with Gasteiger partial charge in [-0.25, -0.2) is 10.5 Å². The zero-order chi connectivity index (χ0) is 36.3. The summed E-state index contributed by atoms with van der Waals surface area (Å²) in [6.45, 7) is 0. The van der Waals surface area contributed by atoms with E-state index in [4.69, 9.17) is 16.2 Å². The lowest BCUT2D eigenvalue weighted by atomic mass is 10.1. The molecule has 0 aliphatic carbocycles. The smallest absolute Gasteiger partial charge is 0.296 e. The van der Waals surface area contributed by atoms with Gasteiger partial charge in [-0.1, -0.05) is 10.1 Å². The molecule has 0 aliphatic rings. The summed E-state index contributed by atoms with van der Waals surface area (Å²) in [4.78, 5) is -3.16. The molecule has 0 fully saturated rings. The molecule has 0 amide bonds. The number of phenols is 2. The second kappa shape index (κ2) is 14.8. The van der Waals surface area contributed by atoms with E-state index in [1.165, 1.54) is 6.07 Å². The zero-order valence-corrected chi connectivity index (χ0v) is 27.3. The largest absolute Gasteiger partial charge is 0.505 e. The van der Waals surface area contributed by atoms with Gasteiger partial charge in [0.1, 0.15) is 32.5 Å². The average Bonchev–Trinajstić information content (AvgIpc) is 3.00. The van der Waals surface area contributed by atoms with Gasteiger partial charge in [-0.05, 0) is 53.9 Å². The molecule has 27 heteroatoms. The molecule has 0 aromatic heterocycles. The van der Waals surface area contributed by atoms with Gasteiger partial charge in [0.25, 0.3) is 30.4 Å². The molecule has 0 atom stereocenters. The maximum atomic E-state index is 12.4. The number of nitrogen functional groups attached to an aromatic ring is 1. The van der Waals surface area contributed by atoms with Crippen LogP contribution in [0.2, 0.25) is 0 Å². The van der Waals surface area contributed by atoms with Crippen molar-refractivity contribution in [1.82, 2.24) is 0 Å². The van der Waals surface area contributed by atoms with Crippen LogP contribution in [0.15, 0.2) is 93.5 Å². The molecule has 0 spiro atoms. The minimum Gasteiger partial charge on any atom is -0.505 e. The number of azo groups is 2. The molecule has 0 saturated heterocycles. The minimum absolute atomic E-state index is 0.0872. The van der Waals surface area contributed by atoms with Gasteiger partial charge < -0.3 is 15.9 Å². The monoisotopic (exact) mass is 783 g/mol. The lowest BCUT2D eigenvalue weighted by molar-refractivity contribution is -0.432. The van der Waals surface area contributed by atoms with Gasteiger partial charge in [0.2, 0.25) is 0 Å². The van der Waals surface area contributed by atoms with Gasteiger partial charge in [-0.3, -0.25) is 13.7 Å². The molecular formula is C22H17N5O17S5. The Hall–Kier alpha value is -4.07. The SMILES string of the molecule is Nc1ccc(/N=N/c2c(SOOO)cc3cc(S(=O)(=O)O)c(/N=N/c4cc(S(=O)(=O)O)ccc4SOOO)c(O)c3c2O)c(S(=O)(=O)O)c1. The maximum Gasteiger partial charge on any atom is 0.296 e. The van der Waals surface area contributed by atoms with Gasteiger partial charge in [0.05, 0.1) is 44.2 Å². The number of hydrogen-bond donors (Lipinski definition) is 8. The summed E-state index contributed by atoms with van der Waals surface area (Å²) >= 11 is 0.384. The van der Waals surface area contributed by atoms with Crippen LogP contribution in [0.1, 0.15) is 0 Å². The van der Waals surface area contributed by atoms with Crippen molar-refractivity contribution in [3.05, 3.63) is 48.5 Å². The van der Waals surface area contributed by atoms with Crippen LogP contribution in [0.4, 0.5) is 28.4 Å². The summed E-state index contributed by atoms with van der Waals surface area (Å²) in [5.74, 6) is -2.22. The summed E-state index contributed by atoms with van der Waals surface area (Å²) in [7, 11) is -15.0. The van der Waals surface area contributed by atoms with E-state index in [0.29, 0.717) is 12.1 Å². The third-order valence-corrected chi connectivity index (χ3v) is 9.72. The van der Waals surface area contributed by atoms with Crippen molar-refractivity contribution >= 4 is 93.6 Å². The minimum atomic E-state index is -5.28. The number of rotatable bonds is 13. The summed E-state index contributed by atoms with van der Waals surface area (Å²) in [6, 6.07) is 7.34. The number of nitrogens with two attached hydrogens (primary N) is 1. The highest BCUT2D eigenvalue weighted by Gasteiger charge is 2.27. The molecule has 262 valence electrons. The molecule has 9 N–H and O–H groups in total. The second-order valence-electron chi connectivity index (χ2n) is 8.88. The first-order valence-electron chi connectivity index (χ1n) is 12.0. The molecule has 22 nitrogen and oxygen atoms in total. The van der Waals surface area contributed by atoms with E-state index in [9.17, 15) is 49.1 Å². The Bertz CT molecular complexity index is 2340. The Morgan fingerprint density at radius 3 is 1.78 bits per heavy atom. The average molecular weight is 784 g/mol. The molecule has 4 aromatic carbocycles. The highest BCUT2D eigenvalue weighted by molar-refractivity contribution is 7.95. The van der Waals surface area contributed by atoms with Crippen molar-refractivity contribution in [1.29, 1.82) is 0 Å². The number of anilines is 1. The molecule has 0 saturated carbocycles. The van der Waals surface area contributed by atoms with Gasteiger partial charge in [-0.15, -0.1) is 29.1 Å². The highest BCUT2D eigenvalue weighted by Crippen LogP contribution is 2.51. The van der Waals surface area contributed by atoms with Gasteiger partial charge >= 0.3 is 0 Å². The third-order valence-electron chi connectivity index (χ3n) is 5.84. The number of fused-ring (bicyclic) bond motifs is 1. The molecule has 4 aromatic rings. The van der Waals surface area contributed by atoms with E-state index >= 15 is 0 Å². The van der Waals surface area contributed by atoms with Crippen LogP contribution < -0.4 is 5.73 Å². The van der Waals surface area contributed by atoms with E-state index in [1.54, 1.807) is 0 Å². The predicted molar refractivity (Wildman–Crippen MR) is 164 cm³/mol. The molecule has 0 aliphatic heterocycles. The van der Waals surface area contributed by atoms with Crippen LogP contribution in [0.5, 0.6) is 11.5 Å². The number of aromatic hydroxyl groups is 2. The van der Waals surface area contributed by atoms with Crippen molar-refractivity contribution in [2.75, 3.05) is 5.73 Å². The van der Waals surface area contributed by atoms with Gasteiger partial charge in [0.15, 0.2) is 11.5 Å². The Balaban J connectivity index is 2.01. The standard InChI is InChI=1S/C22H17N5O17S5/c23-10-1-3-12(16(7-10)48(35,36)37)24-26-19-15(46-44-42-31)5-9-6-17(49(38,39)40)20(22(29)18(9)21(19)28)27-25-13-8-11(47(32,33)34)2-4-14(13)45-43-41-30/h1-8,28-31H,23H2,(H,32,33,34)(H,35,36,37)(H,38,39,40)/b26-24+,27-25+. The fourth-order valence-electron chi connectivity index (χ4n) is 3.85. The third kappa shape index (κ3) is 8.75. The van der Waals surface area contributed by atoms with Crippen molar-refractivity contribution in [3.8, 4) is 11.5 Å². The summed E-state index contributed by atoms with van der Waals surface area (Å²) in [5, 5.41) is 60.3. The first-order chi connectivity index (χ1) is 22.9. The Morgan fingerprint density at radius 2 is 1.18 bits per heavy atom. The van der Waals surface area contributed by atoms with Crippen molar-refractivity contribution in [3.63, 3.8) is 0 Å². The molecule has 0 bridgehead atoms. The van der Waals surface area contributed by atoms with E-state index in [1.807, 2.05) is 0 Å². The highest BCUT2D eigenvalue weighted by atomic mass is 32.2. The van der Waals surface area contributed by atoms with Crippen LogP contribution in [-0.2, 0) is 49.1 Å². The first kappa shape index (κ1) is 37.7. The van der Waals surface area contributed by atoms with Crippen LogP contribution >= 0.6 is 24.1 Å². The molecule has 0 unspecified atom stereocenters. The quantitative estimate of drug-likeness (QED) is 0.0214. The maximum absolute atomic E-state index is 12.4. The van der Waals surface area contributed by atoms with Crippen molar-refractivity contribution < 1.29 is 78.4 Å². The van der Waals surface area contributed by atoms with Crippen LogP contribution in [-0.4, -0.2) is 59.6 Å². The van der Waals surface area contributed by atoms with Gasteiger partial charge in [0, 0.05) is 5.69 Å². The van der Waals surface area contributed by atoms with Crippen molar-refractivity contribution in [2.24, 2.45) is 20.5 Å².